The zero-order chi connectivity index (χ0) is 31.7. The summed E-state index contributed by atoms with van der Waals surface area (Å²) in [6.07, 6.45) is 1.52. The van der Waals surface area contributed by atoms with Crippen molar-refractivity contribution in [2.45, 2.75) is 64.8 Å². The molecule has 3 fully saturated rings. The fourth-order valence-electron chi connectivity index (χ4n) is 6.78. The van der Waals surface area contributed by atoms with Crippen LogP contribution >= 0.6 is 15.9 Å². The van der Waals surface area contributed by atoms with Crippen LogP contribution in [-0.4, -0.2) is 101 Å². The highest BCUT2D eigenvalue weighted by Crippen LogP contribution is 2.37. The predicted molar refractivity (Wildman–Crippen MR) is 177 cm³/mol. The largest absolute Gasteiger partial charge is 0.463 e. The van der Waals surface area contributed by atoms with Crippen LogP contribution in [0, 0.1) is 11.7 Å². The molecule has 242 valence electrons. The van der Waals surface area contributed by atoms with Gasteiger partial charge in [0, 0.05) is 63.7 Å². The van der Waals surface area contributed by atoms with Crippen LogP contribution in [0.1, 0.15) is 46.1 Å². The van der Waals surface area contributed by atoms with E-state index in [1.54, 1.807) is 6.07 Å². The lowest BCUT2D eigenvalue weighted by Crippen LogP contribution is -2.57. The van der Waals surface area contributed by atoms with Gasteiger partial charge < -0.3 is 19.3 Å². The number of carbonyl (C=O) groups excluding carboxylic acids is 1. The Kier molecular flexibility index (Phi) is 9.49. The lowest BCUT2D eigenvalue weighted by Gasteiger charge is -2.42. The Labute approximate surface area is 273 Å². The zero-order valence-corrected chi connectivity index (χ0v) is 28.3. The molecule has 0 radical (unpaired) electrons. The van der Waals surface area contributed by atoms with Gasteiger partial charge in [-0.15, -0.1) is 0 Å². The maximum absolute atomic E-state index is 15.4. The van der Waals surface area contributed by atoms with E-state index in [0.29, 0.717) is 35.4 Å². The van der Waals surface area contributed by atoms with E-state index < -0.39 is 11.4 Å². The molecule has 3 atom stereocenters. The first kappa shape index (κ1) is 31.9. The maximum Gasteiger partial charge on any atom is 0.410 e. The topological polar surface area (TPSA) is 74.3 Å². The molecular weight excluding hydrogens is 639 g/mol. The number of hydrogen-bond acceptors (Lipinski definition) is 8. The predicted octanol–water partition coefficient (Wildman–Crippen LogP) is 5.95. The van der Waals surface area contributed by atoms with E-state index in [1.165, 1.54) is 5.56 Å². The molecule has 11 heteroatoms. The van der Waals surface area contributed by atoms with E-state index in [-0.39, 0.29) is 35.6 Å². The monoisotopic (exact) mass is 682 g/mol. The van der Waals surface area contributed by atoms with Crippen LogP contribution in [0.25, 0.3) is 10.9 Å². The molecule has 4 heterocycles. The zero-order valence-electron chi connectivity index (χ0n) is 26.7. The first-order valence-electron chi connectivity index (χ1n) is 16.1. The van der Waals surface area contributed by atoms with Gasteiger partial charge in [-0.05, 0) is 67.2 Å². The number of amides is 1. The van der Waals surface area contributed by atoms with Gasteiger partial charge in [0.1, 0.15) is 16.9 Å². The number of fused-ring (bicyclic) bond motifs is 3. The molecule has 0 spiro atoms. The normalized spacial score (nSPS) is 21.7. The third-order valence-electron chi connectivity index (χ3n) is 8.89. The van der Waals surface area contributed by atoms with Crippen molar-refractivity contribution in [3.05, 3.63) is 58.3 Å². The smallest absolute Gasteiger partial charge is 0.410 e. The van der Waals surface area contributed by atoms with Crippen molar-refractivity contribution in [1.29, 1.82) is 0 Å². The number of carbonyl (C=O) groups is 1. The second-order valence-electron chi connectivity index (χ2n) is 13.7. The number of anilines is 1. The number of aromatic nitrogens is 2. The van der Waals surface area contributed by atoms with Gasteiger partial charge in [0.05, 0.1) is 23.2 Å². The lowest BCUT2D eigenvalue weighted by molar-refractivity contribution is 0.0122. The molecular formula is C34H44BrFN6O3. The summed E-state index contributed by atoms with van der Waals surface area (Å²) in [5.74, 6) is 0.455. The molecule has 0 saturated carbocycles. The number of piperazine rings is 2. The Hall–Kier alpha value is -3.02. The van der Waals surface area contributed by atoms with Gasteiger partial charge >= 0.3 is 12.1 Å². The number of halogens is 2. The molecule has 2 bridgehead atoms. The summed E-state index contributed by atoms with van der Waals surface area (Å²) < 4.78 is 27.6. The Bertz CT molecular complexity index is 1480. The average molecular weight is 684 g/mol. The Balaban J connectivity index is 1.11. The quantitative estimate of drug-likeness (QED) is 0.289. The highest BCUT2D eigenvalue weighted by atomic mass is 79.9. The molecule has 1 amide bonds. The number of benzene rings is 2. The highest BCUT2D eigenvalue weighted by Gasteiger charge is 2.45. The van der Waals surface area contributed by atoms with Crippen molar-refractivity contribution in [2.75, 3.05) is 57.3 Å². The Morgan fingerprint density at radius 2 is 1.67 bits per heavy atom. The molecule has 3 aliphatic heterocycles. The van der Waals surface area contributed by atoms with E-state index in [2.05, 4.69) is 72.9 Å². The molecule has 1 aromatic heterocycles. The van der Waals surface area contributed by atoms with Crippen LogP contribution in [0.3, 0.4) is 0 Å². The molecule has 0 N–H and O–H groups in total. The minimum Gasteiger partial charge on any atom is -0.463 e. The Morgan fingerprint density at radius 3 is 2.33 bits per heavy atom. The van der Waals surface area contributed by atoms with Crippen molar-refractivity contribution in [2.24, 2.45) is 5.92 Å². The van der Waals surface area contributed by atoms with Gasteiger partial charge in [-0.2, -0.15) is 9.97 Å². The first-order chi connectivity index (χ1) is 21.5. The van der Waals surface area contributed by atoms with Crippen LogP contribution < -0.4 is 9.64 Å². The van der Waals surface area contributed by atoms with E-state index in [4.69, 9.17) is 14.5 Å². The third kappa shape index (κ3) is 7.52. The van der Waals surface area contributed by atoms with Crippen molar-refractivity contribution >= 4 is 38.7 Å². The molecule has 0 aliphatic carbocycles. The van der Waals surface area contributed by atoms with Crippen LogP contribution in [0.15, 0.2) is 46.9 Å². The Morgan fingerprint density at radius 1 is 1.00 bits per heavy atom. The number of rotatable bonds is 8. The van der Waals surface area contributed by atoms with Crippen LogP contribution in [0.5, 0.6) is 6.01 Å². The van der Waals surface area contributed by atoms with Gasteiger partial charge in [0.25, 0.3) is 0 Å². The molecule has 3 aromatic rings. The summed E-state index contributed by atoms with van der Waals surface area (Å²) in [5, 5.41) is 0.634. The molecule has 2 unspecified atom stereocenters. The standard InChI is InChI=1S/C34H44BrFN6O3/c1-23(18-39-14-16-40(17-15-39)19-24-8-6-5-7-9-24)22-44-32-37-30-27(12-13-28(35)29(30)36)31(38-32)41-20-25-10-11-26(21-41)42(25)33(43)45-34(2,3)4/h5-9,12-13,23,25-26H,10-11,14-22H2,1-4H3/t23-,25?,26?/m1/s1. The van der Waals surface area contributed by atoms with E-state index in [1.807, 2.05) is 31.7 Å². The minimum atomic E-state index is -0.554. The summed E-state index contributed by atoms with van der Waals surface area (Å²) in [5.41, 5.74) is 1.03. The molecule has 6 rings (SSSR count). The fourth-order valence-corrected chi connectivity index (χ4v) is 7.10. The summed E-state index contributed by atoms with van der Waals surface area (Å²) in [6, 6.07) is 14.3. The van der Waals surface area contributed by atoms with Gasteiger partial charge in [-0.3, -0.25) is 9.80 Å². The summed E-state index contributed by atoms with van der Waals surface area (Å²) in [4.78, 5) is 31.4. The second kappa shape index (κ2) is 13.4. The van der Waals surface area contributed by atoms with Crippen molar-refractivity contribution in [3.63, 3.8) is 0 Å². The van der Waals surface area contributed by atoms with Crippen LogP contribution in [-0.2, 0) is 11.3 Å². The SMILES string of the molecule is C[C@@H](COc1nc(N2CC3CCC(C2)N3C(=O)OC(C)(C)C)c2ccc(Br)c(F)c2n1)CN1CCN(Cc2ccccc2)CC1. The third-order valence-corrected chi connectivity index (χ3v) is 9.50. The summed E-state index contributed by atoms with van der Waals surface area (Å²) >= 11 is 3.32. The molecule has 9 nitrogen and oxygen atoms in total. The average Bonchev–Trinajstić information content (AvgIpc) is 3.28. The number of nitrogens with zero attached hydrogens (tertiary/aromatic N) is 6. The molecule has 2 aromatic carbocycles. The summed E-state index contributed by atoms with van der Waals surface area (Å²) in [6.45, 7) is 15.5. The molecule has 45 heavy (non-hydrogen) atoms. The second-order valence-corrected chi connectivity index (χ2v) is 14.6. The van der Waals surface area contributed by atoms with Gasteiger partial charge in [0.2, 0.25) is 0 Å². The van der Waals surface area contributed by atoms with Crippen LogP contribution in [0.4, 0.5) is 15.0 Å². The molecule has 3 aliphatic rings. The van der Waals surface area contributed by atoms with Crippen molar-refractivity contribution in [3.8, 4) is 6.01 Å². The first-order valence-corrected chi connectivity index (χ1v) is 16.9. The van der Waals surface area contributed by atoms with Gasteiger partial charge in [-0.25, -0.2) is 9.18 Å². The number of ether oxygens (including phenoxy) is 2. The van der Waals surface area contributed by atoms with Gasteiger partial charge in [0.15, 0.2) is 5.82 Å². The van der Waals surface area contributed by atoms with E-state index in [0.717, 1.165) is 52.1 Å². The number of hydrogen-bond donors (Lipinski definition) is 0. The molecule has 3 saturated heterocycles. The van der Waals surface area contributed by atoms with E-state index in [9.17, 15) is 4.79 Å². The van der Waals surface area contributed by atoms with Crippen molar-refractivity contribution in [1.82, 2.24) is 24.7 Å². The van der Waals surface area contributed by atoms with Crippen LogP contribution in [0.2, 0.25) is 0 Å². The van der Waals surface area contributed by atoms with E-state index >= 15 is 4.39 Å². The fraction of sp³-hybridized carbons (Fsp3) is 0.559. The lowest BCUT2D eigenvalue weighted by atomic mass is 10.1. The highest BCUT2D eigenvalue weighted by molar-refractivity contribution is 9.10. The van der Waals surface area contributed by atoms with Crippen molar-refractivity contribution < 1.29 is 18.7 Å². The maximum atomic E-state index is 15.4. The van der Waals surface area contributed by atoms with Gasteiger partial charge in [-0.1, -0.05) is 37.3 Å². The summed E-state index contributed by atoms with van der Waals surface area (Å²) in [7, 11) is 0. The minimum absolute atomic E-state index is 0.00135.